The Bertz CT molecular complexity index is 613. The van der Waals surface area contributed by atoms with Gasteiger partial charge in [0, 0.05) is 23.9 Å². The summed E-state index contributed by atoms with van der Waals surface area (Å²) in [5.74, 6) is -0.185. The molecule has 0 saturated carbocycles. The number of hydrogen-bond acceptors (Lipinski definition) is 4. The number of nitrogen functional groups attached to an aromatic ring is 1. The minimum absolute atomic E-state index is 0.105. The minimum Gasteiger partial charge on any atom is -0.395 e. The molecule has 0 fully saturated rings. The molecule has 0 aliphatic carbocycles. The molecule has 2 heterocycles. The number of thiophene rings is 1. The van der Waals surface area contributed by atoms with Crippen molar-refractivity contribution in [3.63, 3.8) is 0 Å². The van der Waals surface area contributed by atoms with Gasteiger partial charge in [0.25, 0.3) is 5.91 Å². The fourth-order valence-corrected chi connectivity index (χ4v) is 2.93. The van der Waals surface area contributed by atoms with Crippen LogP contribution in [0.5, 0.6) is 0 Å². The van der Waals surface area contributed by atoms with Crippen molar-refractivity contribution in [2.24, 2.45) is 7.05 Å². The van der Waals surface area contributed by atoms with Crippen molar-refractivity contribution in [1.29, 1.82) is 0 Å². The van der Waals surface area contributed by atoms with Crippen LogP contribution in [-0.4, -0.2) is 22.2 Å². The van der Waals surface area contributed by atoms with Crippen molar-refractivity contribution in [3.05, 3.63) is 33.8 Å². The summed E-state index contributed by atoms with van der Waals surface area (Å²) in [5.41, 5.74) is 7.33. The Kier molecular flexibility index (Phi) is 3.85. The summed E-state index contributed by atoms with van der Waals surface area (Å²) in [5, 5.41) is 9.15. The Morgan fingerprint density at radius 2 is 2.25 bits per heavy atom. The van der Waals surface area contributed by atoms with Gasteiger partial charge < -0.3 is 11.1 Å². The second kappa shape index (κ2) is 5.28. The molecule has 1 amide bonds. The van der Waals surface area contributed by atoms with E-state index in [1.54, 1.807) is 25.3 Å². The SMILES string of the molecule is Cc1nn(C)c(C(=O)NCC(C)(C)c2cccs2)c1N. The normalized spacial score (nSPS) is 11.6. The molecule has 20 heavy (non-hydrogen) atoms. The van der Waals surface area contributed by atoms with Crippen LogP contribution in [0.15, 0.2) is 17.5 Å². The number of nitrogens with zero attached hydrogens (tertiary/aromatic N) is 2. The van der Waals surface area contributed by atoms with Crippen LogP contribution in [-0.2, 0) is 12.5 Å². The third kappa shape index (κ3) is 2.70. The number of carbonyl (C=O) groups is 1. The van der Waals surface area contributed by atoms with E-state index in [1.807, 2.05) is 11.4 Å². The van der Waals surface area contributed by atoms with Gasteiger partial charge in [-0.05, 0) is 18.4 Å². The predicted octanol–water partition coefficient (Wildman–Crippen LogP) is 2.08. The quantitative estimate of drug-likeness (QED) is 0.906. The lowest BCUT2D eigenvalue weighted by Crippen LogP contribution is -2.37. The van der Waals surface area contributed by atoms with Gasteiger partial charge in [0.2, 0.25) is 0 Å². The maximum absolute atomic E-state index is 12.3. The molecular formula is C14H20N4OS. The van der Waals surface area contributed by atoms with Crippen molar-refractivity contribution < 1.29 is 4.79 Å². The monoisotopic (exact) mass is 292 g/mol. The Morgan fingerprint density at radius 3 is 2.75 bits per heavy atom. The zero-order chi connectivity index (χ0) is 14.9. The third-order valence-electron chi connectivity index (χ3n) is 3.36. The maximum Gasteiger partial charge on any atom is 0.271 e. The van der Waals surface area contributed by atoms with E-state index in [0.717, 1.165) is 0 Å². The topological polar surface area (TPSA) is 72.9 Å². The van der Waals surface area contributed by atoms with E-state index in [-0.39, 0.29) is 11.3 Å². The molecule has 0 spiro atoms. The minimum atomic E-state index is -0.185. The Hall–Kier alpha value is -1.82. The van der Waals surface area contributed by atoms with Crippen LogP contribution in [0.25, 0.3) is 0 Å². The molecule has 0 bridgehead atoms. The molecule has 0 aromatic carbocycles. The molecule has 5 nitrogen and oxygen atoms in total. The number of rotatable bonds is 4. The molecule has 0 radical (unpaired) electrons. The number of nitrogens with two attached hydrogens (primary N) is 1. The van der Waals surface area contributed by atoms with Crippen molar-refractivity contribution in [2.45, 2.75) is 26.2 Å². The van der Waals surface area contributed by atoms with Crippen molar-refractivity contribution in [1.82, 2.24) is 15.1 Å². The number of hydrogen-bond donors (Lipinski definition) is 2. The lowest BCUT2D eigenvalue weighted by Gasteiger charge is -2.23. The number of aromatic nitrogens is 2. The fraction of sp³-hybridized carbons (Fsp3) is 0.429. The number of aryl methyl sites for hydroxylation is 2. The molecule has 3 N–H and O–H groups in total. The Morgan fingerprint density at radius 1 is 1.55 bits per heavy atom. The molecule has 2 aromatic heterocycles. The predicted molar refractivity (Wildman–Crippen MR) is 82.0 cm³/mol. The largest absolute Gasteiger partial charge is 0.395 e. The van der Waals surface area contributed by atoms with Gasteiger partial charge in [0.05, 0.1) is 11.4 Å². The van der Waals surface area contributed by atoms with Crippen LogP contribution in [0.3, 0.4) is 0 Å². The van der Waals surface area contributed by atoms with Crippen LogP contribution in [0.1, 0.15) is 34.9 Å². The summed E-state index contributed by atoms with van der Waals surface area (Å²) >= 11 is 1.69. The molecule has 0 unspecified atom stereocenters. The standard InChI is InChI=1S/C14H20N4OS/c1-9-11(15)12(18(4)17-9)13(19)16-8-14(2,3)10-6-5-7-20-10/h5-7H,8,15H2,1-4H3,(H,16,19). The number of anilines is 1. The average Bonchev–Trinajstić information content (AvgIpc) is 2.97. The van der Waals surface area contributed by atoms with Crippen molar-refractivity contribution in [3.8, 4) is 0 Å². The van der Waals surface area contributed by atoms with Crippen LogP contribution in [0.2, 0.25) is 0 Å². The van der Waals surface area contributed by atoms with Crippen molar-refractivity contribution in [2.75, 3.05) is 12.3 Å². The van der Waals surface area contributed by atoms with Crippen LogP contribution in [0.4, 0.5) is 5.69 Å². The van der Waals surface area contributed by atoms with Gasteiger partial charge in [-0.3, -0.25) is 9.48 Å². The lowest BCUT2D eigenvalue weighted by atomic mass is 9.91. The summed E-state index contributed by atoms with van der Waals surface area (Å²) in [6.07, 6.45) is 0. The summed E-state index contributed by atoms with van der Waals surface area (Å²) in [4.78, 5) is 13.5. The summed E-state index contributed by atoms with van der Waals surface area (Å²) in [7, 11) is 1.72. The first-order valence-electron chi connectivity index (χ1n) is 6.44. The van der Waals surface area contributed by atoms with Gasteiger partial charge in [0.15, 0.2) is 0 Å². The Labute approximate surface area is 122 Å². The molecule has 6 heteroatoms. The zero-order valence-electron chi connectivity index (χ0n) is 12.2. The summed E-state index contributed by atoms with van der Waals surface area (Å²) < 4.78 is 1.53. The highest BCUT2D eigenvalue weighted by Gasteiger charge is 2.24. The summed E-state index contributed by atoms with van der Waals surface area (Å²) in [6.45, 7) is 6.56. The molecule has 2 rings (SSSR count). The number of carbonyl (C=O) groups excluding carboxylic acids is 1. The first-order chi connectivity index (χ1) is 9.33. The molecule has 2 aromatic rings. The molecule has 108 valence electrons. The highest BCUT2D eigenvalue weighted by Crippen LogP contribution is 2.26. The zero-order valence-corrected chi connectivity index (χ0v) is 13.0. The van der Waals surface area contributed by atoms with E-state index in [0.29, 0.717) is 23.6 Å². The maximum atomic E-state index is 12.3. The van der Waals surface area contributed by atoms with Gasteiger partial charge in [-0.1, -0.05) is 19.9 Å². The fourth-order valence-electron chi connectivity index (χ4n) is 2.08. The lowest BCUT2D eigenvalue weighted by molar-refractivity contribution is 0.0937. The average molecular weight is 292 g/mol. The van der Waals surface area contributed by atoms with Crippen LogP contribution >= 0.6 is 11.3 Å². The van der Waals surface area contributed by atoms with Gasteiger partial charge >= 0.3 is 0 Å². The molecule has 0 atom stereocenters. The van der Waals surface area contributed by atoms with E-state index < -0.39 is 0 Å². The second-order valence-corrected chi connectivity index (χ2v) is 6.46. The number of amides is 1. The second-order valence-electron chi connectivity index (χ2n) is 5.52. The first-order valence-corrected chi connectivity index (χ1v) is 7.32. The van der Waals surface area contributed by atoms with Crippen LogP contribution in [0, 0.1) is 6.92 Å². The van der Waals surface area contributed by atoms with E-state index in [9.17, 15) is 4.79 Å². The highest BCUT2D eigenvalue weighted by atomic mass is 32.1. The number of nitrogens with one attached hydrogen (secondary N) is 1. The van der Waals surface area contributed by atoms with Gasteiger partial charge in [0.1, 0.15) is 5.69 Å². The van der Waals surface area contributed by atoms with E-state index in [2.05, 4.69) is 30.3 Å². The molecule has 0 saturated heterocycles. The summed E-state index contributed by atoms with van der Waals surface area (Å²) in [6, 6.07) is 4.10. The van der Waals surface area contributed by atoms with Crippen molar-refractivity contribution >= 4 is 22.9 Å². The van der Waals surface area contributed by atoms with Gasteiger partial charge in [-0.25, -0.2) is 0 Å². The van der Waals surface area contributed by atoms with Crippen LogP contribution < -0.4 is 11.1 Å². The van der Waals surface area contributed by atoms with Gasteiger partial charge in [-0.15, -0.1) is 11.3 Å². The highest BCUT2D eigenvalue weighted by molar-refractivity contribution is 7.10. The van der Waals surface area contributed by atoms with E-state index >= 15 is 0 Å². The first kappa shape index (κ1) is 14.6. The molecular weight excluding hydrogens is 272 g/mol. The molecule has 0 aliphatic heterocycles. The van der Waals surface area contributed by atoms with Gasteiger partial charge in [-0.2, -0.15) is 5.10 Å². The Balaban J connectivity index is 2.09. The molecule has 0 aliphatic rings. The van der Waals surface area contributed by atoms with E-state index in [4.69, 9.17) is 5.73 Å². The third-order valence-corrected chi connectivity index (χ3v) is 4.60. The smallest absolute Gasteiger partial charge is 0.271 e. The van der Waals surface area contributed by atoms with E-state index in [1.165, 1.54) is 9.56 Å².